The number of methoxy groups -OCH3 is 3. The van der Waals surface area contributed by atoms with Gasteiger partial charge in [-0.3, -0.25) is 19.4 Å². The molecule has 3 saturated heterocycles. The molecule has 5 aliphatic heterocycles. The van der Waals surface area contributed by atoms with Gasteiger partial charge >= 0.3 is 17.9 Å². The van der Waals surface area contributed by atoms with Gasteiger partial charge in [0.15, 0.2) is 6.10 Å². The number of nitrogens with one attached hydrogen (secondary N) is 1. The fourth-order valence-corrected chi connectivity index (χ4v) is 16.0. The zero-order valence-corrected chi connectivity index (χ0v) is 40.4. The molecular weight excluding hydrogens is 853 g/mol. The maximum atomic E-state index is 15.6. The molecule has 13 nitrogen and oxygen atoms in total. The summed E-state index contributed by atoms with van der Waals surface area (Å²) in [6.07, 6.45) is 9.74. The number of fused-ring (bicyclic) bond motifs is 6. The van der Waals surface area contributed by atoms with Crippen LogP contribution in [-0.4, -0.2) is 150 Å². The first-order valence-corrected chi connectivity index (χ1v) is 25.3. The molecular formula is C49H66N4O9S2. The molecule has 1 aromatic heterocycles. The van der Waals surface area contributed by atoms with Crippen molar-refractivity contribution in [1.82, 2.24) is 19.7 Å². The number of aliphatic hydroxyl groups is 2. The molecule has 2 aromatic rings. The number of aromatic amines is 1. The number of likely N-dealkylation sites (N-methyl/N-ethyl adjacent to an activating group) is 1. The monoisotopic (exact) mass is 918 g/mol. The molecule has 6 heterocycles. The lowest BCUT2D eigenvalue weighted by Gasteiger charge is -2.63. The number of hydrogen-bond acceptors (Lipinski definition) is 14. The molecule has 348 valence electrons. The predicted octanol–water partition coefficient (Wildman–Crippen LogP) is 5.78. The minimum Gasteiger partial charge on any atom is -0.468 e. The Morgan fingerprint density at radius 1 is 1.00 bits per heavy atom. The molecule has 1 aromatic carbocycles. The van der Waals surface area contributed by atoms with Gasteiger partial charge in [0, 0.05) is 102 Å². The molecule has 7 aliphatic rings. The minimum absolute atomic E-state index is 0.0797. The summed E-state index contributed by atoms with van der Waals surface area (Å²) in [5, 5.41) is 27.1. The molecule has 64 heavy (non-hydrogen) atoms. The van der Waals surface area contributed by atoms with E-state index in [2.05, 4.69) is 71.1 Å². The molecule has 0 radical (unpaired) electrons. The Morgan fingerprint density at radius 2 is 1.77 bits per heavy atom. The van der Waals surface area contributed by atoms with E-state index >= 15 is 4.79 Å². The van der Waals surface area contributed by atoms with Crippen molar-refractivity contribution in [3.05, 3.63) is 65.0 Å². The fraction of sp³-hybridized carbons (Fsp3) is 0.653. The highest BCUT2D eigenvalue weighted by Gasteiger charge is 2.81. The van der Waals surface area contributed by atoms with E-state index < -0.39 is 63.6 Å². The van der Waals surface area contributed by atoms with Crippen molar-refractivity contribution >= 4 is 50.4 Å². The highest BCUT2D eigenvalue weighted by atomic mass is 33.1. The highest BCUT2D eigenvalue weighted by Crippen LogP contribution is 2.70. The second kappa shape index (κ2) is 16.5. The molecule has 15 heteroatoms. The van der Waals surface area contributed by atoms with Gasteiger partial charge in [-0.15, -0.1) is 0 Å². The third-order valence-corrected chi connectivity index (χ3v) is 19.4. The lowest BCUT2D eigenvalue weighted by Crippen LogP contribution is -2.79. The number of carbonyl (C=O) groups excluding carboxylic acids is 3. The average molecular weight is 919 g/mol. The maximum absolute atomic E-state index is 15.6. The molecule has 0 amide bonds. The van der Waals surface area contributed by atoms with Gasteiger partial charge in [-0.1, -0.05) is 67.5 Å². The summed E-state index contributed by atoms with van der Waals surface area (Å²) in [5.74, 6) is -2.55. The zero-order valence-electron chi connectivity index (χ0n) is 38.8. The number of ether oxygens (including phenoxy) is 4. The number of rotatable bonds is 10. The lowest BCUT2D eigenvalue weighted by molar-refractivity contribution is -0.243. The van der Waals surface area contributed by atoms with Gasteiger partial charge < -0.3 is 39.0 Å². The van der Waals surface area contributed by atoms with E-state index in [0.29, 0.717) is 70.0 Å². The van der Waals surface area contributed by atoms with E-state index in [0.717, 1.165) is 44.9 Å². The Labute approximate surface area is 385 Å². The van der Waals surface area contributed by atoms with Crippen LogP contribution in [0.2, 0.25) is 0 Å². The number of piperidine rings is 1. The summed E-state index contributed by atoms with van der Waals surface area (Å²) in [4.78, 5) is 55.0. The van der Waals surface area contributed by atoms with Crippen LogP contribution < -0.4 is 0 Å². The van der Waals surface area contributed by atoms with Gasteiger partial charge in [0.1, 0.15) is 5.41 Å². The third-order valence-electron chi connectivity index (χ3n) is 16.4. The van der Waals surface area contributed by atoms with Crippen LogP contribution in [0.15, 0.2) is 58.7 Å². The maximum Gasteiger partial charge on any atom is 0.344 e. The summed E-state index contributed by atoms with van der Waals surface area (Å²) in [7, 11) is 9.86. The van der Waals surface area contributed by atoms with E-state index in [1.807, 2.05) is 36.6 Å². The van der Waals surface area contributed by atoms with Crippen LogP contribution in [0.25, 0.3) is 10.9 Å². The number of esters is 3. The van der Waals surface area contributed by atoms with Crippen molar-refractivity contribution in [3.8, 4) is 0 Å². The van der Waals surface area contributed by atoms with Crippen LogP contribution in [-0.2, 0) is 45.2 Å². The highest BCUT2D eigenvalue weighted by molar-refractivity contribution is 8.76. The van der Waals surface area contributed by atoms with Gasteiger partial charge in [-0.25, -0.2) is 4.79 Å². The van der Waals surface area contributed by atoms with Crippen molar-refractivity contribution in [2.75, 3.05) is 61.1 Å². The molecule has 4 fully saturated rings. The molecule has 3 unspecified atom stereocenters. The lowest BCUT2D eigenvalue weighted by atomic mass is 9.47. The predicted molar refractivity (Wildman–Crippen MR) is 247 cm³/mol. The minimum atomic E-state index is -2.29. The van der Waals surface area contributed by atoms with Gasteiger partial charge in [0.2, 0.25) is 5.60 Å². The molecule has 1 saturated carbocycles. The topological polar surface area (TPSA) is 154 Å². The van der Waals surface area contributed by atoms with Crippen LogP contribution in [0.4, 0.5) is 0 Å². The smallest absolute Gasteiger partial charge is 0.344 e. The molecule has 12 atom stereocenters. The van der Waals surface area contributed by atoms with Crippen LogP contribution in [0, 0.1) is 22.7 Å². The van der Waals surface area contributed by atoms with Crippen molar-refractivity contribution in [3.63, 3.8) is 0 Å². The number of nitrogens with zero attached hydrogens (tertiary/aromatic N) is 3. The molecule has 2 aliphatic carbocycles. The third kappa shape index (κ3) is 6.47. The first-order chi connectivity index (χ1) is 30.5. The summed E-state index contributed by atoms with van der Waals surface area (Å²) in [6, 6.07) is 5.31. The number of benzene rings is 1. The number of allylic oxidation sites excluding steroid dienone is 1. The quantitative estimate of drug-likeness (QED) is 0.114. The zero-order chi connectivity index (χ0) is 45.7. The van der Waals surface area contributed by atoms with Crippen LogP contribution in [0.1, 0.15) is 78.0 Å². The van der Waals surface area contributed by atoms with Crippen LogP contribution >= 0.6 is 21.6 Å². The van der Waals surface area contributed by atoms with Crippen molar-refractivity contribution in [2.45, 2.75) is 124 Å². The van der Waals surface area contributed by atoms with E-state index in [4.69, 9.17) is 18.9 Å². The summed E-state index contributed by atoms with van der Waals surface area (Å²) < 4.78 is 24.3. The number of aromatic nitrogens is 1. The summed E-state index contributed by atoms with van der Waals surface area (Å²) in [5.41, 5.74) is -1.88. The normalized spacial score (nSPS) is 38.8. The first kappa shape index (κ1) is 45.8. The van der Waals surface area contributed by atoms with Gasteiger partial charge in [-0.2, -0.15) is 0 Å². The second-order valence-corrected chi connectivity index (χ2v) is 22.8. The van der Waals surface area contributed by atoms with Gasteiger partial charge in [0.25, 0.3) is 0 Å². The Kier molecular flexibility index (Phi) is 11.8. The van der Waals surface area contributed by atoms with E-state index in [9.17, 15) is 19.8 Å². The molecule has 9 rings (SSSR count). The largest absolute Gasteiger partial charge is 0.468 e. The standard InChI is InChI=1S/C49H66N4O9S2/c1-10-45(57)24-30-25-48(43(55)60-8,39-32(15-19-52(26-30)27-45)33-21-31(64-63-28(3)4)13-14-36(33)50-39)35-22-34-37(23-38(35)59-7)51(6)41-47(34)17-20-53-18-12-16-46(11-2,40(47)53)42(62-29(5)54)49(41,58)44(56)61-9/h12-14,16,21-23,28,30,35,38,40-42,50,57-58H,10-11,15,17-20,24-27H2,1-9H3/t30-,35?,38?,40+,41-,42-,45+,46-,47-,48+,49+/m1/s1. The number of likely N-dealkylation sites (tertiary alicyclic amines) is 1. The Bertz CT molecular complexity index is 2310. The molecule has 2 bridgehead atoms. The van der Waals surface area contributed by atoms with Crippen molar-refractivity contribution < 1.29 is 43.5 Å². The first-order valence-electron chi connectivity index (χ1n) is 23.1. The Morgan fingerprint density at radius 3 is 2.44 bits per heavy atom. The van der Waals surface area contributed by atoms with Crippen molar-refractivity contribution in [1.29, 1.82) is 0 Å². The fourth-order valence-electron chi connectivity index (χ4n) is 14.2. The molecule has 3 N–H and O–H groups in total. The van der Waals surface area contributed by atoms with Crippen LogP contribution in [0.5, 0.6) is 0 Å². The molecule has 1 spiro atoms. The van der Waals surface area contributed by atoms with Crippen LogP contribution in [0.3, 0.4) is 0 Å². The Balaban J connectivity index is 1.32. The second-order valence-electron chi connectivity index (χ2n) is 19.9. The number of H-pyrrole nitrogens is 1. The number of hydrogen-bond donors (Lipinski definition) is 3. The number of carbonyl (C=O) groups is 3. The SMILES string of the molecule is CC[C@]1(O)C[C@H]2CN(CCc3c([nH]c4ccc(SSC(C)C)cc34)[C@@](C(=O)OC)(C3C=C4C(=CC3OC)N(C)[C@H]3[C@@](O)(C(=O)OC)[C@H](OC(C)=O)[C@]5(CC)C=CCN6CC[C@]43[C@@H]65)C2)C1. The average Bonchev–Trinajstić information content (AvgIpc) is 3.94. The van der Waals surface area contributed by atoms with Crippen molar-refractivity contribution in [2.24, 2.45) is 22.7 Å². The summed E-state index contributed by atoms with van der Waals surface area (Å²) in [6.45, 7) is 13.1. The van der Waals surface area contributed by atoms with E-state index in [1.165, 1.54) is 21.1 Å². The van der Waals surface area contributed by atoms with E-state index in [-0.39, 0.29) is 17.9 Å². The van der Waals surface area contributed by atoms with Gasteiger partial charge in [0.05, 0.1) is 32.0 Å². The Hall–Kier alpha value is -3.31. The van der Waals surface area contributed by atoms with Gasteiger partial charge in [-0.05, 0) is 86.4 Å². The summed E-state index contributed by atoms with van der Waals surface area (Å²) >= 11 is 0. The van der Waals surface area contributed by atoms with E-state index in [1.54, 1.807) is 17.9 Å².